The lowest BCUT2D eigenvalue weighted by Crippen LogP contribution is -2.52. The SMILES string of the molecule is CCOc1ccc(S(=O)(=O)N(CC(=O)N(Cc2ccc(C)cc2)[C@@H](C)C(=O)NC2CCCC2)c2ccc(C)cc2)cc1. The Morgan fingerprint density at radius 2 is 1.48 bits per heavy atom. The van der Waals surface area contributed by atoms with Crippen molar-refractivity contribution >= 4 is 27.5 Å². The molecule has 1 aliphatic carbocycles. The molecule has 1 aliphatic rings. The van der Waals surface area contributed by atoms with Gasteiger partial charge in [-0.25, -0.2) is 8.42 Å². The van der Waals surface area contributed by atoms with Crippen LogP contribution in [0.25, 0.3) is 0 Å². The number of anilines is 1. The van der Waals surface area contributed by atoms with Crippen molar-refractivity contribution in [2.45, 2.75) is 76.9 Å². The molecule has 8 nitrogen and oxygen atoms in total. The Morgan fingerprint density at radius 3 is 2.05 bits per heavy atom. The number of hydrogen-bond donors (Lipinski definition) is 1. The number of nitrogens with zero attached hydrogens (tertiary/aromatic N) is 2. The highest BCUT2D eigenvalue weighted by Crippen LogP contribution is 2.27. The van der Waals surface area contributed by atoms with Gasteiger partial charge in [0, 0.05) is 12.6 Å². The van der Waals surface area contributed by atoms with Crippen LogP contribution in [-0.4, -0.2) is 50.4 Å². The van der Waals surface area contributed by atoms with Crippen molar-refractivity contribution in [3.8, 4) is 5.75 Å². The minimum atomic E-state index is -4.14. The van der Waals surface area contributed by atoms with Crippen LogP contribution in [0.15, 0.2) is 77.7 Å². The molecule has 0 radical (unpaired) electrons. The first-order chi connectivity index (χ1) is 20.1. The number of aryl methyl sites for hydroxylation is 2. The fourth-order valence-corrected chi connectivity index (χ4v) is 6.52. The van der Waals surface area contributed by atoms with E-state index in [9.17, 15) is 18.0 Å². The lowest BCUT2D eigenvalue weighted by atomic mass is 10.1. The zero-order valence-electron chi connectivity index (χ0n) is 24.9. The van der Waals surface area contributed by atoms with E-state index in [0.717, 1.165) is 46.7 Å². The van der Waals surface area contributed by atoms with Gasteiger partial charge in [-0.1, -0.05) is 60.4 Å². The Hall–Kier alpha value is -3.85. The van der Waals surface area contributed by atoms with Gasteiger partial charge in [0.1, 0.15) is 18.3 Å². The van der Waals surface area contributed by atoms with Gasteiger partial charge in [-0.15, -0.1) is 0 Å². The van der Waals surface area contributed by atoms with Crippen LogP contribution in [0.1, 0.15) is 56.2 Å². The van der Waals surface area contributed by atoms with E-state index in [2.05, 4.69) is 5.32 Å². The monoisotopic (exact) mass is 591 g/mol. The van der Waals surface area contributed by atoms with Gasteiger partial charge in [0.25, 0.3) is 10.0 Å². The molecule has 0 bridgehead atoms. The molecule has 3 aromatic carbocycles. The molecule has 4 rings (SSSR count). The lowest BCUT2D eigenvalue weighted by molar-refractivity contribution is -0.139. The summed E-state index contributed by atoms with van der Waals surface area (Å²) in [5.41, 5.74) is 3.25. The van der Waals surface area contributed by atoms with Crippen molar-refractivity contribution in [2.75, 3.05) is 17.5 Å². The summed E-state index contributed by atoms with van der Waals surface area (Å²) in [5, 5.41) is 3.10. The third-order valence-electron chi connectivity index (χ3n) is 7.67. The molecule has 224 valence electrons. The standard InChI is InChI=1S/C33H41N3O5S/c1-5-41-30-18-20-31(21-19-30)42(39,40)36(29-16-12-25(3)13-17-29)23-32(37)35(22-27-14-10-24(2)11-15-27)26(4)33(38)34-28-8-6-7-9-28/h10-21,26,28H,5-9,22-23H2,1-4H3,(H,34,38)/t26-/m0/s1. The van der Waals surface area contributed by atoms with Crippen LogP contribution >= 0.6 is 0 Å². The quantitative estimate of drug-likeness (QED) is 0.305. The van der Waals surface area contributed by atoms with E-state index in [1.807, 2.05) is 57.2 Å². The number of rotatable bonds is 12. The van der Waals surface area contributed by atoms with E-state index in [1.54, 1.807) is 31.2 Å². The molecule has 1 saturated carbocycles. The summed E-state index contributed by atoms with van der Waals surface area (Å²) in [5.74, 6) is -0.154. The predicted octanol–water partition coefficient (Wildman–Crippen LogP) is 5.37. The molecule has 2 amide bonds. The second-order valence-corrected chi connectivity index (χ2v) is 12.8. The molecular weight excluding hydrogens is 550 g/mol. The van der Waals surface area contributed by atoms with Gasteiger partial charge in [-0.05, 0) is 82.5 Å². The highest BCUT2D eigenvalue weighted by atomic mass is 32.2. The molecule has 1 atom stereocenters. The summed E-state index contributed by atoms with van der Waals surface area (Å²) in [7, 11) is -4.14. The molecule has 0 saturated heterocycles. The molecule has 9 heteroatoms. The molecule has 0 spiro atoms. The maximum Gasteiger partial charge on any atom is 0.264 e. The Bertz CT molecular complexity index is 1450. The van der Waals surface area contributed by atoms with Crippen molar-refractivity contribution in [1.82, 2.24) is 10.2 Å². The smallest absolute Gasteiger partial charge is 0.264 e. The van der Waals surface area contributed by atoms with E-state index in [4.69, 9.17) is 4.74 Å². The number of hydrogen-bond acceptors (Lipinski definition) is 5. The molecule has 1 N–H and O–H groups in total. The second kappa shape index (κ2) is 13.9. The van der Waals surface area contributed by atoms with Gasteiger partial charge < -0.3 is 15.0 Å². The normalized spacial score (nSPS) is 14.3. The van der Waals surface area contributed by atoms with Crippen LogP contribution in [0.5, 0.6) is 5.75 Å². The summed E-state index contributed by atoms with van der Waals surface area (Å²) in [6.45, 7) is 7.61. The average Bonchev–Trinajstić information content (AvgIpc) is 3.49. The van der Waals surface area contributed by atoms with Gasteiger partial charge in [-0.2, -0.15) is 0 Å². The van der Waals surface area contributed by atoms with E-state index >= 15 is 0 Å². The number of carbonyl (C=O) groups is 2. The van der Waals surface area contributed by atoms with Gasteiger partial charge in [0.15, 0.2) is 0 Å². The number of ether oxygens (including phenoxy) is 1. The Morgan fingerprint density at radius 1 is 0.905 bits per heavy atom. The van der Waals surface area contributed by atoms with Gasteiger partial charge in [-0.3, -0.25) is 13.9 Å². The van der Waals surface area contributed by atoms with E-state index in [1.165, 1.54) is 17.0 Å². The second-order valence-electron chi connectivity index (χ2n) is 10.9. The van der Waals surface area contributed by atoms with Crippen molar-refractivity contribution in [1.29, 1.82) is 0 Å². The van der Waals surface area contributed by atoms with E-state index in [0.29, 0.717) is 18.0 Å². The van der Waals surface area contributed by atoms with Crippen LogP contribution in [0, 0.1) is 13.8 Å². The first-order valence-electron chi connectivity index (χ1n) is 14.6. The number of carbonyl (C=O) groups excluding carboxylic acids is 2. The lowest BCUT2D eigenvalue weighted by Gasteiger charge is -2.32. The number of nitrogens with one attached hydrogen (secondary N) is 1. The zero-order valence-corrected chi connectivity index (χ0v) is 25.7. The highest BCUT2D eigenvalue weighted by molar-refractivity contribution is 7.92. The van der Waals surface area contributed by atoms with Gasteiger partial charge in [0.05, 0.1) is 17.2 Å². The summed E-state index contributed by atoms with van der Waals surface area (Å²) in [4.78, 5) is 28.9. The Labute approximate surface area is 249 Å². The molecule has 0 unspecified atom stereocenters. The van der Waals surface area contributed by atoms with Crippen LogP contribution in [0.3, 0.4) is 0 Å². The fraction of sp³-hybridized carbons (Fsp3) is 0.394. The first kappa shape index (κ1) is 31.1. The summed E-state index contributed by atoms with van der Waals surface area (Å²) in [6.07, 6.45) is 3.98. The largest absolute Gasteiger partial charge is 0.494 e. The van der Waals surface area contributed by atoms with E-state index < -0.39 is 28.5 Å². The number of sulfonamides is 1. The van der Waals surface area contributed by atoms with Crippen LogP contribution in [-0.2, 0) is 26.2 Å². The molecule has 0 aromatic heterocycles. The van der Waals surface area contributed by atoms with E-state index in [-0.39, 0.29) is 23.4 Å². The van der Waals surface area contributed by atoms with Crippen molar-refractivity contribution in [3.63, 3.8) is 0 Å². The van der Waals surface area contributed by atoms with Crippen LogP contribution in [0.2, 0.25) is 0 Å². The van der Waals surface area contributed by atoms with Gasteiger partial charge in [0.2, 0.25) is 11.8 Å². The number of benzene rings is 3. The Kier molecular flexibility index (Phi) is 10.3. The summed E-state index contributed by atoms with van der Waals surface area (Å²) in [6, 6.07) is 20.2. The summed E-state index contributed by atoms with van der Waals surface area (Å²) < 4.78 is 34.6. The molecule has 0 heterocycles. The molecule has 1 fully saturated rings. The Balaban J connectivity index is 1.67. The van der Waals surface area contributed by atoms with Crippen LogP contribution < -0.4 is 14.4 Å². The minimum Gasteiger partial charge on any atom is -0.494 e. The molecule has 3 aromatic rings. The van der Waals surface area contributed by atoms with Crippen molar-refractivity contribution in [2.24, 2.45) is 0 Å². The number of amides is 2. The third-order valence-corrected chi connectivity index (χ3v) is 9.45. The van der Waals surface area contributed by atoms with Crippen molar-refractivity contribution < 1.29 is 22.7 Å². The molecule has 0 aliphatic heterocycles. The van der Waals surface area contributed by atoms with Crippen LogP contribution in [0.4, 0.5) is 5.69 Å². The maximum absolute atomic E-state index is 14.1. The average molecular weight is 592 g/mol. The fourth-order valence-electron chi connectivity index (χ4n) is 5.11. The van der Waals surface area contributed by atoms with Gasteiger partial charge >= 0.3 is 0 Å². The predicted molar refractivity (Wildman–Crippen MR) is 165 cm³/mol. The topological polar surface area (TPSA) is 96.0 Å². The zero-order chi connectivity index (χ0) is 30.3. The third kappa shape index (κ3) is 7.70. The molecular formula is C33H41N3O5S. The molecule has 42 heavy (non-hydrogen) atoms. The first-order valence-corrected chi connectivity index (χ1v) is 16.0. The van der Waals surface area contributed by atoms with Crippen molar-refractivity contribution in [3.05, 3.63) is 89.5 Å². The summed E-state index contributed by atoms with van der Waals surface area (Å²) >= 11 is 0. The maximum atomic E-state index is 14.1. The minimum absolute atomic E-state index is 0.0384. The highest BCUT2D eigenvalue weighted by Gasteiger charge is 2.33.